The molecule has 0 aliphatic rings. The molecule has 1 N–H and O–H groups in total. The van der Waals surface area contributed by atoms with Crippen LogP contribution in [0.25, 0.3) is 0 Å². The second-order valence-corrected chi connectivity index (χ2v) is 4.49. The second-order valence-electron chi connectivity index (χ2n) is 4.49. The van der Waals surface area contributed by atoms with Gasteiger partial charge in [0, 0.05) is 5.56 Å². The van der Waals surface area contributed by atoms with Gasteiger partial charge < -0.3 is 4.74 Å². The van der Waals surface area contributed by atoms with Crippen molar-refractivity contribution in [2.24, 2.45) is 5.10 Å². The molecule has 0 bridgehead atoms. The molecule has 114 valence electrons. The van der Waals surface area contributed by atoms with E-state index in [1.807, 2.05) is 19.1 Å². The van der Waals surface area contributed by atoms with Crippen LogP contribution in [0.2, 0.25) is 0 Å². The van der Waals surface area contributed by atoms with Gasteiger partial charge in [0.15, 0.2) is 18.2 Å². The molecular weight excluding hydrogens is 290 g/mol. The number of para-hydroxylation sites is 1. The first-order valence-corrected chi connectivity index (χ1v) is 6.52. The zero-order valence-corrected chi connectivity index (χ0v) is 11.8. The van der Waals surface area contributed by atoms with E-state index in [2.05, 4.69) is 10.5 Å². The second kappa shape index (κ2) is 7.31. The summed E-state index contributed by atoms with van der Waals surface area (Å²) in [5.41, 5.74) is 3.03. The third kappa shape index (κ3) is 4.12. The van der Waals surface area contributed by atoms with Gasteiger partial charge in [-0.05, 0) is 24.6 Å². The van der Waals surface area contributed by atoms with E-state index in [-0.39, 0.29) is 12.2 Å². The van der Waals surface area contributed by atoms with Gasteiger partial charge in [-0.15, -0.1) is 0 Å². The molecule has 1 amide bonds. The lowest BCUT2D eigenvalue weighted by Gasteiger charge is -2.07. The Kier molecular flexibility index (Phi) is 5.19. The first-order valence-electron chi connectivity index (χ1n) is 6.52. The van der Waals surface area contributed by atoms with Gasteiger partial charge in [0.25, 0.3) is 5.91 Å². The zero-order valence-electron chi connectivity index (χ0n) is 11.8. The van der Waals surface area contributed by atoms with Crippen LogP contribution in [-0.4, -0.2) is 18.7 Å². The predicted molar refractivity (Wildman–Crippen MR) is 78.8 cm³/mol. The van der Waals surface area contributed by atoms with Gasteiger partial charge in [-0.2, -0.15) is 5.10 Å². The molecule has 0 saturated heterocycles. The van der Waals surface area contributed by atoms with Gasteiger partial charge in [0.05, 0.1) is 6.21 Å². The molecule has 2 aromatic carbocycles. The topological polar surface area (TPSA) is 50.7 Å². The molecule has 0 unspecified atom stereocenters. The summed E-state index contributed by atoms with van der Waals surface area (Å²) >= 11 is 0. The Morgan fingerprint density at radius 3 is 2.77 bits per heavy atom. The number of halogens is 2. The van der Waals surface area contributed by atoms with Crippen LogP contribution in [0.3, 0.4) is 0 Å². The summed E-state index contributed by atoms with van der Waals surface area (Å²) in [5, 5.41) is 3.57. The summed E-state index contributed by atoms with van der Waals surface area (Å²) in [7, 11) is 0. The van der Waals surface area contributed by atoms with Crippen molar-refractivity contribution in [2.45, 2.75) is 6.92 Å². The van der Waals surface area contributed by atoms with Gasteiger partial charge in [0.2, 0.25) is 0 Å². The summed E-state index contributed by atoms with van der Waals surface area (Å²) in [5.74, 6) is -1.90. The molecular formula is C16H14F2N2O2. The number of aryl methyl sites for hydroxylation is 1. The van der Waals surface area contributed by atoms with Crippen LogP contribution in [0.1, 0.15) is 11.1 Å². The maximum Gasteiger partial charge on any atom is 0.277 e. The van der Waals surface area contributed by atoms with Crippen LogP contribution in [0.5, 0.6) is 5.75 Å². The summed E-state index contributed by atoms with van der Waals surface area (Å²) in [6, 6.07) is 11.0. The van der Waals surface area contributed by atoms with Crippen molar-refractivity contribution < 1.29 is 18.3 Å². The van der Waals surface area contributed by atoms with Crippen LogP contribution in [0.4, 0.5) is 8.78 Å². The molecule has 0 spiro atoms. The van der Waals surface area contributed by atoms with E-state index in [1.165, 1.54) is 12.1 Å². The van der Waals surface area contributed by atoms with Gasteiger partial charge in [-0.25, -0.2) is 14.2 Å². The van der Waals surface area contributed by atoms with Crippen molar-refractivity contribution in [3.63, 3.8) is 0 Å². The Labute approximate surface area is 126 Å². The SMILES string of the molecule is Cc1ccccc1OCC(=O)N/N=C/c1cccc(F)c1F. The van der Waals surface area contributed by atoms with E-state index in [1.54, 1.807) is 12.1 Å². The molecule has 0 aliphatic carbocycles. The number of carbonyl (C=O) groups excluding carboxylic acids is 1. The molecule has 0 atom stereocenters. The van der Waals surface area contributed by atoms with Crippen molar-refractivity contribution in [2.75, 3.05) is 6.61 Å². The summed E-state index contributed by atoms with van der Waals surface area (Å²) < 4.78 is 31.6. The quantitative estimate of drug-likeness (QED) is 0.682. The number of benzene rings is 2. The Morgan fingerprint density at radius 2 is 2.00 bits per heavy atom. The standard InChI is InChI=1S/C16H14F2N2O2/c1-11-5-2-3-8-14(11)22-10-15(21)20-19-9-12-6-4-7-13(17)16(12)18/h2-9H,10H2,1H3,(H,20,21)/b19-9+. The maximum atomic E-state index is 13.3. The van der Waals surface area contributed by atoms with Crippen molar-refractivity contribution in [1.82, 2.24) is 5.43 Å². The van der Waals surface area contributed by atoms with Crippen LogP contribution < -0.4 is 10.2 Å². The monoisotopic (exact) mass is 304 g/mol. The molecule has 6 heteroatoms. The highest BCUT2D eigenvalue weighted by Crippen LogP contribution is 2.15. The average molecular weight is 304 g/mol. The van der Waals surface area contributed by atoms with Gasteiger partial charge in [-0.1, -0.05) is 30.3 Å². The van der Waals surface area contributed by atoms with E-state index in [4.69, 9.17) is 4.74 Å². The molecule has 2 rings (SSSR count). The minimum Gasteiger partial charge on any atom is -0.483 e. The van der Waals surface area contributed by atoms with Crippen LogP contribution in [0, 0.1) is 18.6 Å². The summed E-state index contributed by atoms with van der Waals surface area (Å²) in [6.07, 6.45) is 1.03. The fourth-order valence-corrected chi connectivity index (χ4v) is 1.69. The third-order valence-corrected chi connectivity index (χ3v) is 2.83. The molecule has 0 radical (unpaired) electrons. The van der Waals surface area contributed by atoms with Gasteiger partial charge >= 0.3 is 0 Å². The average Bonchev–Trinajstić information content (AvgIpc) is 2.51. The van der Waals surface area contributed by atoms with Crippen molar-refractivity contribution in [3.8, 4) is 5.75 Å². The lowest BCUT2D eigenvalue weighted by Crippen LogP contribution is -2.24. The summed E-state index contributed by atoms with van der Waals surface area (Å²) in [4.78, 5) is 11.6. The van der Waals surface area contributed by atoms with Gasteiger partial charge in [0.1, 0.15) is 5.75 Å². The smallest absolute Gasteiger partial charge is 0.277 e. The lowest BCUT2D eigenvalue weighted by atomic mass is 10.2. The highest BCUT2D eigenvalue weighted by atomic mass is 19.2. The van der Waals surface area contributed by atoms with E-state index >= 15 is 0 Å². The number of rotatable bonds is 5. The Hall–Kier alpha value is -2.76. The first-order chi connectivity index (χ1) is 10.6. The van der Waals surface area contributed by atoms with Crippen LogP contribution >= 0.6 is 0 Å². The third-order valence-electron chi connectivity index (χ3n) is 2.83. The first kappa shape index (κ1) is 15.6. The highest BCUT2D eigenvalue weighted by Gasteiger charge is 2.06. The lowest BCUT2D eigenvalue weighted by molar-refractivity contribution is -0.123. The number of amides is 1. The Balaban J connectivity index is 1.86. The van der Waals surface area contributed by atoms with E-state index in [9.17, 15) is 13.6 Å². The van der Waals surface area contributed by atoms with Crippen molar-refractivity contribution in [1.29, 1.82) is 0 Å². The number of nitrogens with zero attached hydrogens (tertiary/aromatic N) is 1. The largest absolute Gasteiger partial charge is 0.483 e. The van der Waals surface area contributed by atoms with Gasteiger partial charge in [-0.3, -0.25) is 4.79 Å². The fourth-order valence-electron chi connectivity index (χ4n) is 1.69. The number of hydrogen-bond donors (Lipinski definition) is 1. The van der Waals surface area contributed by atoms with Crippen molar-refractivity contribution >= 4 is 12.1 Å². The van der Waals surface area contributed by atoms with Crippen LogP contribution in [0.15, 0.2) is 47.6 Å². The molecule has 4 nitrogen and oxygen atoms in total. The fraction of sp³-hybridized carbons (Fsp3) is 0.125. The number of hydrogen-bond acceptors (Lipinski definition) is 3. The highest BCUT2D eigenvalue weighted by molar-refractivity contribution is 5.83. The van der Waals surface area contributed by atoms with Crippen LogP contribution in [-0.2, 0) is 4.79 Å². The normalized spacial score (nSPS) is 10.7. The Morgan fingerprint density at radius 1 is 1.23 bits per heavy atom. The molecule has 0 aliphatic heterocycles. The molecule has 0 saturated carbocycles. The number of ether oxygens (including phenoxy) is 1. The molecule has 2 aromatic rings. The van der Waals surface area contributed by atoms with E-state index in [0.717, 1.165) is 17.8 Å². The number of hydrazone groups is 1. The number of carbonyl (C=O) groups is 1. The minimum atomic E-state index is -1.02. The molecule has 0 aromatic heterocycles. The molecule has 22 heavy (non-hydrogen) atoms. The maximum absolute atomic E-state index is 13.3. The van der Waals surface area contributed by atoms with E-state index in [0.29, 0.717) is 5.75 Å². The van der Waals surface area contributed by atoms with Crippen molar-refractivity contribution in [3.05, 3.63) is 65.2 Å². The Bertz CT molecular complexity index is 702. The van der Waals surface area contributed by atoms with E-state index < -0.39 is 17.5 Å². The molecule has 0 fully saturated rings. The minimum absolute atomic E-state index is 0.0554. The molecule has 0 heterocycles. The predicted octanol–water partition coefficient (Wildman–Crippen LogP) is 2.80. The zero-order chi connectivity index (χ0) is 15.9. The number of nitrogens with one attached hydrogen (secondary N) is 1. The summed E-state index contributed by atoms with van der Waals surface area (Å²) in [6.45, 7) is 1.63.